The normalized spacial score (nSPS) is 24.2. The molecule has 1 aromatic carbocycles. The van der Waals surface area contributed by atoms with Gasteiger partial charge in [0.2, 0.25) is 0 Å². The van der Waals surface area contributed by atoms with E-state index in [2.05, 4.69) is 0 Å². The molecule has 0 aromatic heterocycles. The summed E-state index contributed by atoms with van der Waals surface area (Å²) < 4.78 is 10.5. The Kier molecular flexibility index (Phi) is 4.75. The largest absolute Gasteiger partial charge is 0.359 e. The molecule has 18 heavy (non-hydrogen) atoms. The van der Waals surface area contributed by atoms with Crippen LogP contribution >= 0.6 is 11.6 Å². The summed E-state index contributed by atoms with van der Waals surface area (Å²) in [6.45, 7) is 0.284. The second-order valence-corrected chi connectivity index (χ2v) is 4.98. The molecule has 0 heterocycles. The molecule has 1 saturated carbocycles. The highest BCUT2D eigenvalue weighted by atomic mass is 35.5. The molecule has 2 unspecified atom stereocenters. The fraction of sp³-hybridized carbons (Fsp3) is 0.500. The van der Waals surface area contributed by atoms with E-state index in [1.807, 2.05) is 24.3 Å². The van der Waals surface area contributed by atoms with Gasteiger partial charge in [0.15, 0.2) is 0 Å². The Labute approximate surface area is 112 Å². The van der Waals surface area contributed by atoms with Gasteiger partial charge in [-0.15, -0.1) is 0 Å². The molecular formula is C14H17ClO3. The van der Waals surface area contributed by atoms with Gasteiger partial charge in [-0.25, -0.2) is 0 Å². The van der Waals surface area contributed by atoms with Crippen LogP contribution in [0.25, 0.3) is 0 Å². The summed E-state index contributed by atoms with van der Waals surface area (Å²) in [6, 6.07) is 7.49. The van der Waals surface area contributed by atoms with Gasteiger partial charge >= 0.3 is 0 Å². The third-order valence-corrected chi connectivity index (χ3v) is 3.55. The lowest BCUT2D eigenvalue weighted by molar-refractivity contribution is -0.129. The van der Waals surface area contributed by atoms with Crippen molar-refractivity contribution in [3.05, 3.63) is 34.9 Å². The average Bonchev–Trinajstić information content (AvgIpc) is 2.39. The van der Waals surface area contributed by atoms with Crippen molar-refractivity contribution in [3.8, 4) is 0 Å². The number of hydrogen-bond donors (Lipinski definition) is 0. The minimum absolute atomic E-state index is 0.0714. The molecule has 3 nitrogen and oxygen atoms in total. The molecule has 2 atom stereocenters. The van der Waals surface area contributed by atoms with Crippen LogP contribution in [-0.2, 0) is 14.3 Å². The molecule has 0 saturated heterocycles. The zero-order chi connectivity index (χ0) is 13.0. The molecule has 0 radical (unpaired) electrons. The molecule has 4 heteroatoms. The summed E-state index contributed by atoms with van der Waals surface area (Å²) in [5, 5.41) is 0.689. The van der Waals surface area contributed by atoms with Crippen LogP contribution < -0.4 is 0 Å². The molecule has 1 aromatic rings. The van der Waals surface area contributed by atoms with Gasteiger partial charge in [0.25, 0.3) is 0 Å². The number of carbonyl (C=O) groups excluding carboxylic acids is 1. The summed E-state index contributed by atoms with van der Waals surface area (Å²) in [7, 11) is 1.60. The topological polar surface area (TPSA) is 35.5 Å². The zero-order valence-corrected chi connectivity index (χ0v) is 11.2. The molecule has 1 aliphatic rings. The molecule has 0 amide bonds. The van der Waals surface area contributed by atoms with E-state index in [1.54, 1.807) is 7.11 Å². The van der Waals surface area contributed by atoms with E-state index < -0.39 is 0 Å². The number of ether oxygens (including phenoxy) is 2. The maximum absolute atomic E-state index is 12.0. The van der Waals surface area contributed by atoms with E-state index in [0.29, 0.717) is 11.4 Å². The zero-order valence-electron chi connectivity index (χ0n) is 10.4. The van der Waals surface area contributed by atoms with Crippen molar-refractivity contribution in [2.75, 3.05) is 13.9 Å². The van der Waals surface area contributed by atoms with Crippen LogP contribution in [0.15, 0.2) is 24.3 Å². The van der Waals surface area contributed by atoms with Crippen molar-refractivity contribution >= 4 is 17.4 Å². The quantitative estimate of drug-likeness (QED) is 0.787. The van der Waals surface area contributed by atoms with Crippen LogP contribution in [0.3, 0.4) is 0 Å². The predicted molar refractivity (Wildman–Crippen MR) is 69.8 cm³/mol. The Bertz CT molecular complexity index is 402. The average molecular weight is 269 g/mol. The van der Waals surface area contributed by atoms with Gasteiger partial charge in [0.05, 0.1) is 6.10 Å². The highest BCUT2D eigenvalue weighted by molar-refractivity contribution is 6.30. The summed E-state index contributed by atoms with van der Waals surface area (Å²) in [5.74, 6) is 0.215. The summed E-state index contributed by atoms with van der Waals surface area (Å²) in [6.07, 6.45) is 2.18. The minimum atomic E-state index is -0.0714. The molecule has 2 rings (SSSR count). The summed E-state index contributed by atoms with van der Waals surface area (Å²) in [4.78, 5) is 12.0. The SMILES string of the molecule is COCOC1CCC(=O)C(c2ccc(Cl)cc2)C1. The molecule has 98 valence electrons. The van der Waals surface area contributed by atoms with E-state index >= 15 is 0 Å². The number of hydrogen-bond acceptors (Lipinski definition) is 3. The van der Waals surface area contributed by atoms with Crippen LogP contribution in [-0.4, -0.2) is 25.8 Å². The van der Waals surface area contributed by atoms with Crippen molar-refractivity contribution in [2.45, 2.75) is 31.3 Å². The molecule has 1 aliphatic carbocycles. The van der Waals surface area contributed by atoms with E-state index in [9.17, 15) is 4.79 Å². The Morgan fingerprint density at radius 1 is 1.33 bits per heavy atom. The minimum Gasteiger partial charge on any atom is -0.359 e. The first-order valence-electron chi connectivity index (χ1n) is 6.09. The molecule has 0 spiro atoms. The van der Waals surface area contributed by atoms with Crippen molar-refractivity contribution in [2.24, 2.45) is 0 Å². The summed E-state index contributed by atoms with van der Waals surface area (Å²) >= 11 is 5.86. The van der Waals surface area contributed by atoms with Gasteiger partial charge in [-0.2, -0.15) is 0 Å². The molecule has 1 fully saturated rings. The van der Waals surface area contributed by atoms with E-state index in [-0.39, 0.29) is 24.6 Å². The van der Waals surface area contributed by atoms with Crippen LogP contribution in [0.4, 0.5) is 0 Å². The van der Waals surface area contributed by atoms with Crippen molar-refractivity contribution < 1.29 is 14.3 Å². The Balaban J connectivity index is 2.05. The number of halogens is 1. The van der Waals surface area contributed by atoms with Gasteiger partial charge in [0, 0.05) is 24.5 Å². The van der Waals surface area contributed by atoms with E-state index in [4.69, 9.17) is 21.1 Å². The van der Waals surface area contributed by atoms with Crippen molar-refractivity contribution in [1.29, 1.82) is 0 Å². The molecule has 0 aliphatic heterocycles. The maximum atomic E-state index is 12.0. The number of rotatable bonds is 4. The number of Topliss-reactive ketones (excluding diaryl/α,β-unsaturated/α-hetero) is 1. The lowest BCUT2D eigenvalue weighted by atomic mass is 9.81. The number of benzene rings is 1. The summed E-state index contributed by atoms with van der Waals surface area (Å²) in [5.41, 5.74) is 1.02. The Morgan fingerprint density at radius 3 is 2.72 bits per heavy atom. The standard InChI is InChI=1S/C14H17ClO3/c1-17-9-18-12-6-7-14(16)13(8-12)10-2-4-11(15)5-3-10/h2-5,12-13H,6-9H2,1H3. The van der Waals surface area contributed by atoms with Crippen LogP contribution in [0, 0.1) is 0 Å². The first kappa shape index (κ1) is 13.5. The van der Waals surface area contributed by atoms with E-state index in [0.717, 1.165) is 18.4 Å². The molecule has 0 N–H and O–H groups in total. The number of carbonyl (C=O) groups is 1. The van der Waals surface area contributed by atoms with Crippen molar-refractivity contribution in [3.63, 3.8) is 0 Å². The number of methoxy groups -OCH3 is 1. The van der Waals surface area contributed by atoms with Crippen LogP contribution in [0.5, 0.6) is 0 Å². The van der Waals surface area contributed by atoms with Gasteiger partial charge in [-0.05, 0) is 30.5 Å². The van der Waals surface area contributed by atoms with Crippen LogP contribution in [0.1, 0.15) is 30.7 Å². The van der Waals surface area contributed by atoms with Crippen molar-refractivity contribution in [1.82, 2.24) is 0 Å². The first-order chi connectivity index (χ1) is 8.70. The maximum Gasteiger partial charge on any atom is 0.146 e. The molecular weight excluding hydrogens is 252 g/mol. The number of ketones is 1. The van der Waals surface area contributed by atoms with Gasteiger partial charge in [0.1, 0.15) is 12.6 Å². The second-order valence-electron chi connectivity index (χ2n) is 4.54. The fourth-order valence-electron chi connectivity index (χ4n) is 2.32. The lowest BCUT2D eigenvalue weighted by Gasteiger charge is -2.28. The highest BCUT2D eigenvalue weighted by Gasteiger charge is 2.30. The smallest absolute Gasteiger partial charge is 0.146 e. The third-order valence-electron chi connectivity index (χ3n) is 3.29. The first-order valence-corrected chi connectivity index (χ1v) is 6.47. The monoisotopic (exact) mass is 268 g/mol. The van der Waals surface area contributed by atoms with Gasteiger partial charge in [-0.1, -0.05) is 23.7 Å². The van der Waals surface area contributed by atoms with Crippen LogP contribution in [0.2, 0.25) is 5.02 Å². The predicted octanol–water partition coefficient (Wildman–Crippen LogP) is 3.17. The molecule has 0 bridgehead atoms. The van der Waals surface area contributed by atoms with Gasteiger partial charge in [-0.3, -0.25) is 4.79 Å². The fourth-order valence-corrected chi connectivity index (χ4v) is 2.45. The Hall–Kier alpha value is -0.900. The second kappa shape index (κ2) is 6.32. The third kappa shape index (κ3) is 3.31. The Morgan fingerprint density at radius 2 is 2.06 bits per heavy atom. The van der Waals surface area contributed by atoms with E-state index in [1.165, 1.54) is 0 Å². The lowest BCUT2D eigenvalue weighted by Crippen LogP contribution is -2.29. The highest BCUT2D eigenvalue weighted by Crippen LogP contribution is 2.32. The van der Waals surface area contributed by atoms with Gasteiger partial charge < -0.3 is 9.47 Å².